The Hall–Kier alpha value is -1.55. The molecular formula is C19H30N2O2. The van der Waals surface area contributed by atoms with E-state index in [1.165, 1.54) is 0 Å². The maximum absolute atomic E-state index is 12.4. The molecule has 1 aliphatic heterocycles. The molecule has 0 aliphatic carbocycles. The van der Waals surface area contributed by atoms with E-state index in [1.807, 2.05) is 30.3 Å². The molecule has 4 heteroatoms. The van der Waals surface area contributed by atoms with Crippen molar-refractivity contribution in [2.45, 2.75) is 52.2 Å². The van der Waals surface area contributed by atoms with Crippen LogP contribution in [0.25, 0.3) is 0 Å². The zero-order valence-corrected chi connectivity index (χ0v) is 14.8. The van der Waals surface area contributed by atoms with Crippen molar-refractivity contribution in [3.05, 3.63) is 35.9 Å². The summed E-state index contributed by atoms with van der Waals surface area (Å²) in [7, 11) is 1.77. The Balaban J connectivity index is 2.02. The first-order valence-electron chi connectivity index (χ1n) is 8.89. The number of carbonyl (C=O) groups excluding carboxylic acids is 1. The number of ether oxygens (including phenoxy) is 1. The molecule has 1 N–H and O–H groups in total. The first-order valence-corrected chi connectivity index (χ1v) is 8.45. The van der Waals surface area contributed by atoms with Gasteiger partial charge >= 0.3 is 6.09 Å². The van der Waals surface area contributed by atoms with E-state index in [2.05, 4.69) is 20.8 Å². The van der Waals surface area contributed by atoms with Crippen LogP contribution in [0.4, 0.5) is 4.79 Å². The Labute approximate surface area is 141 Å². The Kier molecular flexibility index (Phi) is 5.21. The molecule has 0 saturated carbocycles. The van der Waals surface area contributed by atoms with Crippen molar-refractivity contribution in [1.29, 1.82) is 0 Å². The van der Waals surface area contributed by atoms with Gasteiger partial charge in [0.1, 0.15) is 8.02 Å². The highest BCUT2D eigenvalue weighted by Crippen LogP contribution is 2.37. The largest absolute Gasteiger partial charge is 0.445 e. The lowest BCUT2D eigenvalue weighted by Crippen LogP contribution is -2.63. The van der Waals surface area contributed by atoms with Gasteiger partial charge in [0.05, 0.1) is 0 Å². The van der Waals surface area contributed by atoms with Gasteiger partial charge in [-0.15, -0.1) is 0 Å². The summed E-state index contributed by atoms with van der Waals surface area (Å²) >= 11 is 0. The number of rotatable bonds is 4. The van der Waals surface area contributed by atoms with Crippen molar-refractivity contribution in [3.8, 4) is 0 Å². The summed E-state index contributed by atoms with van der Waals surface area (Å²) in [5, 5.41) is 1.69. The zero-order valence-electron chi connectivity index (χ0n) is 15.8. The lowest BCUT2D eigenvalue weighted by Gasteiger charge is -2.49. The number of likely N-dealkylation sites (N-methyl/N-ethyl adjacent to an activating group) is 1. The van der Waals surface area contributed by atoms with Crippen molar-refractivity contribution < 1.29 is 10.9 Å². The van der Waals surface area contributed by atoms with E-state index in [-0.39, 0.29) is 23.7 Å². The van der Waals surface area contributed by atoms with E-state index in [0.717, 1.165) is 31.4 Å². The summed E-state index contributed by atoms with van der Waals surface area (Å²) in [5.41, 5.74) is 0.541. The monoisotopic (exact) mass is 319 g/mol. The number of benzene rings is 1. The molecule has 128 valence electrons. The number of piperidine rings is 1. The quantitative estimate of drug-likeness (QED) is 0.917. The number of hydrogen-bond donors (Lipinski definition) is 1. The number of hydrogen-bond acceptors (Lipinski definition) is 3. The molecule has 2 rings (SSSR count). The molecule has 0 bridgehead atoms. The van der Waals surface area contributed by atoms with E-state index in [4.69, 9.17) is 6.15 Å². The van der Waals surface area contributed by atoms with Gasteiger partial charge in [-0.05, 0) is 30.4 Å². The van der Waals surface area contributed by atoms with E-state index in [9.17, 15) is 4.79 Å². The number of carbonyl (C=O) groups is 1. The summed E-state index contributed by atoms with van der Waals surface area (Å²) in [6.45, 7) is 8.00. The molecule has 1 saturated heterocycles. The Morgan fingerprint density at radius 1 is 1.35 bits per heavy atom. The molecule has 1 aromatic carbocycles. The summed E-state index contributed by atoms with van der Waals surface area (Å²) in [6, 6.07) is 9.69. The summed E-state index contributed by atoms with van der Waals surface area (Å²) < 4.78 is 13.9. The van der Waals surface area contributed by atoms with E-state index >= 15 is 0 Å². The van der Waals surface area contributed by atoms with E-state index in [0.29, 0.717) is 6.54 Å². The maximum atomic E-state index is 12.4. The third-order valence-electron chi connectivity index (χ3n) is 4.82. The predicted molar refractivity (Wildman–Crippen MR) is 93.3 cm³/mol. The topological polar surface area (TPSA) is 41.6 Å². The summed E-state index contributed by atoms with van der Waals surface area (Å²) in [4.78, 5) is 14.0. The van der Waals surface area contributed by atoms with Crippen LogP contribution in [-0.4, -0.2) is 36.7 Å². The molecule has 1 aliphatic rings. The minimum Gasteiger partial charge on any atom is -0.445 e. The molecule has 1 amide bonds. The maximum Gasteiger partial charge on any atom is 0.409 e. The van der Waals surface area contributed by atoms with Gasteiger partial charge < -0.3 is 14.9 Å². The van der Waals surface area contributed by atoms with Crippen molar-refractivity contribution in [1.82, 2.24) is 10.2 Å². The molecular weight excluding hydrogens is 288 g/mol. The highest BCUT2D eigenvalue weighted by molar-refractivity contribution is 5.67. The van der Waals surface area contributed by atoms with Gasteiger partial charge in [0.25, 0.3) is 0 Å². The smallest absolute Gasteiger partial charge is 0.409 e. The number of nitrogens with one attached hydrogen (secondary N) is 1. The predicted octanol–water partition coefficient (Wildman–Crippen LogP) is 3.81. The molecule has 23 heavy (non-hydrogen) atoms. The van der Waals surface area contributed by atoms with Crippen LogP contribution in [-0.2, 0) is 11.3 Å². The molecule has 1 fully saturated rings. The molecule has 0 spiro atoms. The molecule has 4 nitrogen and oxygen atoms in total. The lowest BCUT2D eigenvalue weighted by molar-refractivity contribution is 0.0483. The van der Waals surface area contributed by atoms with Gasteiger partial charge in [0.15, 0.2) is 0 Å². The fourth-order valence-corrected chi connectivity index (χ4v) is 3.17. The summed E-state index contributed by atoms with van der Waals surface area (Å²) in [5.74, 6) is 0. The minimum absolute atomic E-state index is 0.0941. The van der Waals surface area contributed by atoms with Crippen molar-refractivity contribution in [2.75, 3.05) is 20.1 Å². The van der Waals surface area contributed by atoms with Gasteiger partial charge in [-0.3, -0.25) is 0 Å². The molecule has 0 aromatic heterocycles. The van der Waals surface area contributed by atoms with Crippen molar-refractivity contribution >= 4 is 6.09 Å². The van der Waals surface area contributed by atoms with Gasteiger partial charge in [0.2, 0.25) is 0 Å². The average Bonchev–Trinajstić information content (AvgIpc) is 2.54. The zero-order chi connectivity index (χ0) is 17.8. The highest BCUT2D eigenvalue weighted by atomic mass is 16.6. The average molecular weight is 319 g/mol. The van der Waals surface area contributed by atoms with Gasteiger partial charge in [-0.25, -0.2) is 4.79 Å². The number of amides is 1. The Morgan fingerprint density at radius 3 is 2.65 bits per heavy atom. The van der Waals surface area contributed by atoms with Crippen molar-refractivity contribution in [3.63, 3.8) is 0 Å². The SMILES string of the molecule is [2H]N1CCCC[C@@]1(CN(C)C(=O)OCc1ccccc1)C(C)(C)C. The van der Waals surface area contributed by atoms with Crippen LogP contribution in [0, 0.1) is 5.41 Å². The second-order valence-electron chi connectivity index (χ2n) is 7.52. The first-order chi connectivity index (χ1) is 11.3. The third-order valence-corrected chi connectivity index (χ3v) is 4.82. The van der Waals surface area contributed by atoms with Crippen LogP contribution in [0.2, 0.25) is 1.41 Å². The molecule has 1 aromatic rings. The first kappa shape index (κ1) is 16.3. The molecule has 1 heterocycles. The second kappa shape index (κ2) is 7.35. The van der Waals surface area contributed by atoms with E-state index in [1.54, 1.807) is 17.3 Å². The van der Waals surface area contributed by atoms with E-state index < -0.39 is 0 Å². The van der Waals surface area contributed by atoms with Crippen LogP contribution in [0.3, 0.4) is 0 Å². The lowest BCUT2D eigenvalue weighted by atomic mass is 9.69. The fraction of sp³-hybridized carbons (Fsp3) is 0.632. The van der Waals surface area contributed by atoms with Crippen LogP contribution in [0.1, 0.15) is 45.6 Å². The molecule has 1 atom stereocenters. The van der Waals surface area contributed by atoms with Crippen molar-refractivity contribution in [2.24, 2.45) is 5.41 Å². The van der Waals surface area contributed by atoms with Gasteiger partial charge in [-0.2, -0.15) is 0 Å². The number of nitrogens with zero attached hydrogens (tertiary/aromatic N) is 1. The molecule has 0 unspecified atom stereocenters. The standard InChI is InChI=1S/C19H30N2O2/c1-18(2,3)19(12-8-9-13-20-19)15-21(4)17(22)23-14-16-10-6-5-7-11-16/h5-7,10-11,20H,8-9,12-15H2,1-4H3/t19-/m1/s1/i/hD. The third kappa shape index (κ3) is 4.47. The van der Waals surface area contributed by atoms with Crippen LogP contribution in [0.15, 0.2) is 30.3 Å². The Morgan fingerprint density at radius 2 is 2.04 bits per heavy atom. The van der Waals surface area contributed by atoms with Crippen LogP contribution in [0.5, 0.6) is 0 Å². The minimum atomic E-state index is -0.342. The summed E-state index contributed by atoms with van der Waals surface area (Å²) in [6.07, 6.45) is 2.74. The van der Waals surface area contributed by atoms with Gasteiger partial charge in [-0.1, -0.05) is 57.5 Å². The fourth-order valence-electron chi connectivity index (χ4n) is 3.17. The molecule has 0 radical (unpaired) electrons. The normalized spacial score (nSPS) is 23.2. The Bertz CT molecular complexity index is 544. The van der Waals surface area contributed by atoms with Crippen LogP contribution < -0.4 is 5.31 Å². The second-order valence-corrected chi connectivity index (χ2v) is 7.52. The van der Waals surface area contributed by atoms with Crippen LogP contribution >= 0.6 is 0 Å². The van der Waals surface area contributed by atoms with Gasteiger partial charge in [0, 0.05) is 19.1 Å². The highest BCUT2D eigenvalue weighted by Gasteiger charge is 2.44.